The van der Waals surface area contributed by atoms with Crippen molar-refractivity contribution in [1.82, 2.24) is 0 Å². The van der Waals surface area contributed by atoms with Crippen molar-refractivity contribution < 1.29 is 49.1 Å². The molecule has 0 heterocycles. The molecule has 0 aliphatic rings. The van der Waals surface area contributed by atoms with Crippen molar-refractivity contribution in [2.24, 2.45) is 0 Å². The number of carbonyl (C=O) groups excluding carboxylic acids is 2. The predicted octanol–water partition coefficient (Wildman–Crippen LogP) is 4.38. The van der Waals surface area contributed by atoms with Crippen LogP contribution in [0.2, 0.25) is 0 Å². The molecule has 2 rings (SSSR count). The van der Waals surface area contributed by atoms with E-state index in [0.29, 0.717) is 12.1 Å². The number of hydrogen-bond acceptors (Lipinski definition) is 5. The molecule has 2 aromatic rings. The third-order valence-electron chi connectivity index (χ3n) is 4.19. The molecule has 180 valence electrons. The lowest BCUT2D eigenvalue weighted by Crippen LogP contribution is -2.23. The van der Waals surface area contributed by atoms with Gasteiger partial charge >= 0.3 is 18.3 Å². The molecule has 0 saturated carbocycles. The molecule has 0 aromatic heterocycles. The minimum atomic E-state index is -5.10. The topological polar surface area (TPSA) is 89.5 Å². The van der Waals surface area contributed by atoms with Gasteiger partial charge in [-0.2, -0.15) is 26.3 Å². The molecule has 0 aliphatic carbocycles. The molecule has 0 spiro atoms. The monoisotopic (exact) mass is 497 g/mol. The number of benzene rings is 2. The van der Waals surface area contributed by atoms with Gasteiger partial charge in [-0.15, -0.1) is 0 Å². The molecule has 0 fully saturated rings. The van der Waals surface area contributed by atoms with E-state index in [9.17, 15) is 44.3 Å². The summed E-state index contributed by atoms with van der Waals surface area (Å²) >= 11 is 0. The lowest BCUT2D eigenvalue weighted by molar-refractivity contribution is -0.146. The Morgan fingerprint density at radius 3 is 1.91 bits per heavy atom. The molecule has 2 aromatic carbocycles. The molecule has 0 aliphatic heterocycles. The van der Waals surface area contributed by atoms with E-state index in [2.05, 4.69) is 4.74 Å². The number of alkyl halides is 6. The van der Waals surface area contributed by atoms with Gasteiger partial charge in [0.2, 0.25) is 0 Å². The average Bonchev–Trinajstić information content (AvgIpc) is 2.69. The number of carbonyl (C=O) groups is 2. The first-order valence-corrected chi connectivity index (χ1v) is 10.8. The van der Waals surface area contributed by atoms with E-state index in [1.807, 2.05) is 0 Å². The summed E-state index contributed by atoms with van der Waals surface area (Å²) in [6, 6.07) is 6.32. The normalized spacial score (nSPS) is 12.3. The molecule has 6 nitrogen and oxygen atoms in total. The fraction of sp³-hybridized carbons (Fsp3) is 0.300. The van der Waals surface area contributed by atoms with E-state index in [-0.39, 0.29) is 11.0 Å². The van der Waals surface area contributed by atoms with E-state index in [1.165, 1.54) is 12.1 Å². The predicted molar refractivity (Wildman–Crippen MR) is 104 cm³/mol. The van der Waals surface area contributed by atoms with E-state index in [4.69, 9.17) is 0 Å². The molecule has 0 saturated heterocycles. The van der Waals surface area contributed by atoms with Crippen LogP contribution in [0.3, 0.4) is 0 Å². The Balaban J connectivity index is 1.97. The third-order valence-corrected chi connectivity index (χ3v) is 5.92. The summed E-state index contributed by atoms with van der Waals surface area (Å²) in [7, 11) is -3.81. The smallest absolute Gasteiger partial charge is 0.416 e. The Kier molecular flexibility index (Phi) is 7.78. The van der Waals surface area contributed by atoms with Crippen molar-refractivity contribution in [1.29, 1.82) is 0 Å². The highest BCUT2D eigenvalue weighted by Gasteiger charge is 2.37. The largest absolute Gasteiger partial charge is 0.456 e. The van der Waals surface area contributed by atoms with Gasteiger partial charge in [-0.1, -0.05) is 17.7 Å². The summed E-state index contributed by atoms with van der Waals surface area (Å²) < 4.78 is 106. The number of ether oxygens (including phenoxy) is 1. The maximum absolute atomic E-state index is 12.9. The number of esters is 1. The Bertz CT molecular complexity index is 1090. The minimum absolute atomic E-state index is 0.0244. The fourth-order valence-corrected chi connectivity index (χ4v) is 3.75. The second-order valence-corrected chi connectivity index (χ2v) is 8.99. The van der Waals surface area contributed by atoms with Gasteiger partial charge in [-0.25, -0.2) is 8.42 Å². The number of halogens is 6. The van der Waals surface area contributed by atoms with E-state index in [1.54, 1.807) is 24.4 Å². The van der Waals surface area contributed by atoms with Crippen LogP contribution in [0.1, 0.15) is 23.1 Å². The van der Waals surface area contributed by atoms with Crippen LogP contribution >= 0.6 is 0 Å². The molecular weight excluding hydrogens is 480 g/mol. The van der Waals surface area contributed by atoms with Crippen molar-refractivity contribution in [2.75, 3.05) is 17.7 Å². The second kappa shape index (κ2) is 9.81. The van der Waals surface area contributed by atoms with Crippen molar-refractivity contribution in [3.05, 3.63) is 59.2 Å². The zero-order chi connectivity index (χ0) is 25.0. The van der Waals surface area contributed by atoms with Crippen LogP contribution in [0, 0.1) is 6.92 Å². The molecule has 1 amide bonds. The Morgan fingerprint density at radius 1 is 0.909 bits per heavy atom. The molecule has 33 heavy (non-hydrogen) atoms. The number of amides is 1. The van der Waals surface area contributed by atoms with Gasteiger partial charge in [0.25, 0.3) is 5.91 Å². The van der Waals surface area contributed by atoms with Crippen LogP contribution in [0.25, 0.3) is 0 Å². The van der Waals surface area contributed by atoms with E-state index >= 15 is 0 Å². The Hall–Kier alpha value is -3.09. The zero-order valence-corrected chi connectivity index (χ0v) is 17.7. The first-order valence-electron chi connectivity index (χ1n) is 9.12. The molecule has 0 atom stereocenters. The van der Waals surface area contributed by atoms with Gasteiger partial charge < -0.3 is 10.1 Å². The summed E-state index contributed by atoms with van der Waals surface area (Å²) in [6.45, 7) is 0.711. The molecular formula is C20H17F6NO5S. The Labute approximate surface area is 184 Å². The van der Waals surface area contributed by atoms with Gasteiger partial charge in [-0.3, -0.25) is 9.59 Å². The van der Waals surface area contributed by atoms with E-state index < -0.39 is 69.7 Å². The molecule has 13 heteroatoms. The van der Waals surface area contributed by atoms with Crippen molar-refractivity contribution in [2.45, 2.75) is 30.6 Å². The molecule has 0 radical (unpaired) electrons. The van der Waals surface area contributed by atoms with Crippen LogP contribution in [0.4, 0.5) is 32.0 Å². The highest BCUT2D eigenvalue weighted by molar-refractivity contribution is 7.91. The standard InChI is InChI=1S/C20H17F6NO5S/c1-12-2-4-16(5-3-12)33(30,31)7-6-18(29)32-11-17(28)27-15-9-13(19(21,22)23)8-14(10-15)20(24,25)26/h2-5,8-10H,6-7,11H2,1H3,(H,27,28). The SMILES string of the molecule is Cc1ccc(S(=O)(=O)CCC(=O)OCC(=O)Nc2cc(C(F)(F)F)cc(C(F)(F)F)c2)cc1. The lowest BCUT2D eigenvalue weighted by Gasteiger charge is -2.14. The fourth-order valence-electron chi connectivity index (χ4n) is 2.52. The maximum Gasteiger partial charge on any atom is 0.416 e. The highest BCUT2D eigenvalue weighted by Crippen LogP contribution is 2.37. The number of aryl methyl sites for hydroxylation is 1. The van der Waals surface area contributed by atoms with Crippen molar-refractivity contribution in [3.63, 3.8) is 0 Å². The Morgan fingerprint density at radius 2 is 1.42 bits per heavy atom. The minimum Gasteiger partial charge on any atom is -0.456 e. The molecule has 0 unspecified atom stereocenters. The van der Waals surface area contributed by atoms with Crippen molar-refractivity contribution in [3.8, 4) is 0 Å². The summed E-state index contributed by atoms with van der Waals surface area (Å²) in [5.41, 5.74) is -3.25. The number of hydrogen-bond donors (Lipinski definition) is 1. The van der Waals surface area contributed by atoms with Crippen LogP contribution < -0.4 is 5.32 Å². The zero-order valence-electron chi connectivity index (χ0n) is 16.9. The van der Waals surface area contributed by atoms with Gasteiger partial charge in [0.15, 0.2) is 16.4 Å². The summed E-state index contributed by atoms with van der Waals surface area (Å²) in [4.78, 5) is 23.5. The number of nitrogens with one attached hydrogen (secondary N) is 1. The van der Waals surface area contributed by atoms with E-state index in [0.717, 1.165) is 5.56 Å². The van der Waals surface area contributed by atoms with Crippen molar-refractivity contribution >= 4 is 27.4 Å². The summed E-state index contributed by atoms with van der Waals surface area (Å²) in [5, 5.41) is 1.79. The number of rotatable bonds is 7. The van der Waals surface area contributed by atoms with Gasteiger partial charge in [-0.05, 0) is 37.3 Å². The first-order chi connectivity index (χ1) is 15.1. The first kappa shape index (κ1) is 26.2. The summed E-state index contributed by atoms with van der Waals surface area (Å²) in [6.07, 6.45) is -10.8. The van der Waals surface area contributed by atoms with Gasteiger partial charge in [0.05, 0.1) is 28.2 Å². The lowest BCUT2D eigenvalue weighted by atomic mass is 10.1. The molecule has 0 bridgehead atoms. The van der Waals surface area contributed by atoms with Crippen LogP contribution in [-0.4, -0.2) is 32.7 Å². The van der Waals surface area contributed by atoms with Crippen LogP contribution in [0.15, 0.2) is 47.4 Å². The van der Waals surface area contributed by atoms with Crippen LogP contribution in [-0.2, 0) is 36.5 Å². The summed E-state index contributed by atoms with van der Waals surface area (Å²) in [5.74, 6) is -2.93. The number of anilines is 1. The molecule has 1 N–H and O–H groups in total. The third kappa shape index (κ3) is 7.77. The van der Waals surface area contributed by atoms with Gasteiger partial charge in [0, 0.05) is 5.69 Å². The quantitative estimate of drug-likeness (QED) is 0.453. The second-order valence-electron chi connectivity index (χ2n) is 6.89. The maximum atomic E-state index is 12.9. The van der Waals surface area contributed by atoms with Gasteiger partial charge in [0.1, 0.15) is 0 Å². The average molecular weight is 497 g/mol. The van der Waals surface area contributed by atoms with Crippen LogP contribution in [0.5, 0.6) is 0 Å². The highest BCUT2D eigenvalue weighted by atomic mass is 32.2. The number of sulfone groups is 1.